The van der Waals surface area contributed by atoms with Crippen LogP contribution in [0.2, 0.25) is 0 Å². The maximum atomic E-state index is 3.76. The zero-order valence-electron chi connectivity index (χ0n) is 31.2. The topological polar surface area (TPSA) is 12.0 Å². The number of fused-ring (bicyclic) bond motifs is 8. The first-order valence-electron chi connectivity index (χ1n) is 19.6. The Morgan fingerprint density at radius 1 is 0.339 bits per heavy atom. The maximum Gasteiger partial charge on any atom is 0.0714 e. The average Bonchev–Trinajstić information content (AvgIpc) is 3.72. The molecule has 11 rings (SSSR count). The fraction of sp³-hybridized carbons (Fsp3) is 0.0545. The molecule has 0 saturated heterocycles. The third-order valence-corrected chi connectivity index (χ3v) is 12.4. The van der Waals surface area contributed by atoms with Gasteiger partial charge >= 0.3 is 0 Å². The summed E-state index contributed by atoms with van der Waals surface area (Å²) >= 11 is 0. The Kier molecular flexibility index (Phi) is 7.28. The van der Waals surface area contributed by atoms with E-state index in [2.05, 4.69) is 225 Å². The van der Waals surface area contributed by atoms with Crippen LogP contribution in [0, 0.1) is 6.92 Å². The zero-order chi connectivity index (χ0) is 37.3. The molecule has 2 aliphatic rings. The van der Waals surface area contributed by atoms with Crippen molar-refractivity contribution in [3.05, 3.63) is 262 Å². The van der Waals surface area contributed by atoms with E-state index in [-0.39, 0.29) is 0 Å². The van der Waals surface area contributed by atoms with Gasteiger partial charge in [-0.15, -0.1) is 0 Å². The van der Waals surface area contributed by atoms with E-state index in [9.17, 15) is 0 Å². The summed E-state index contributed by atoms with van der Waals surface area (Å²) in [5.41, 5.74) is 17.8. The van der Waals surface area contributed by atoms with Crippen LogP contribution >= 0.6 is 0 Å². The first-order valence-corrected chi connectivity index (χ1v) is 19.6. The molecule has 0 atom stereocenters. The number of rotatable bonds is 6. The standard InChI is InChI=1S/C55H39N/c1-37-26-29-43(30-27-37)56-44-31-32-46-47-35-52-48(36-51(47)55(50(46)34-44,41-21-10-4-11-22-41)42-23-12-5-13-24-42)53-45-25-15-14-16-38(45)28-33-49(53)54(52,39-17-6-2-7-18-39)40-19-8-3-9-20-40/h2-36,56H,1H3. The molecule has 0 aromatic heterocycles. The van der Waals surface area contributed by atoms with Gasteiger partial charge in [-0.2, -0.15) is 0 Å². The number of hydrogen-bond donors (Lipinski definition) is 1. The monoisotopic (exact) mass is 713 g/mol. The predicted octanol–water partition coefficient (Wildman–Crippen LogP) is 13.6. The summed E-state index contributed by atoms with van der Waals surface area (Å²) in [6.45, 7) is 2.13. The fourth-order valence-corrected chi connectivity index (χ4v) is 10.1. The molecule has 0 saturated carbocycles. The molecule has 0 unspecified atom stereocenters. The molecule has 9 aromatic rings. The number of nitrogens with one attached hydrogen (secondary N) is 1. The van der Waals surface area contributed by atoms with E-state index in [1.54, 1.807) is 0 Å². The van der Waals surface area contributed by atoms with Crippen LogP contribution in [0.3, 0.4) is 0 Å². The van der Waals surface area contributed by atoms with Crippen LogP contribution in [-0.2, 0) is 10.8 Å². The lowest BCUT2D eigenvalue weighted by atomic mass is 9.66. The molecule has 1 heteroatoms. The molecule has 0 spiro atoms. The van der Waals surface area contributed by atoms with Gasteiger partial charge in [-0.1, -0.05) is 181 Å². The summed E-state index contributed by atoms with van der Waals surface area (Å²) < 4.78 is 0. The van der Waals surface area contributed by atoms with Crippen molar-refractivity contribution in [3.63, 3.8) is 0 Å². The molecule has 1 N–H and O–H groups in total. The Hall–Kier alpha value is -6.96. The van der Waals surface area contributed by atoms with Crippen LogP contribution < -0.4 is 5.32 Å². The van der Waals surface area contributed by atoms with Crippen LogP contribution in [0.5, 0.6) is 0 Å². The van der Waals surface area contributed by atoms with Crippen molar-refractivity contribution in [1.82, 2.24) is 0 Å². The van der Waals surface area contributed by atoms with Crippen molar-refractivity contribution in [3.8, 4) is 22.3 Å². The Labute approximate surface area is 328 Å². The van der Waals surface area contributed by atoms with Crippen molar-refractivity contribution < 1.29 is 0 Å². The molecule has 2 aliphatic carbocycles. The molecular weight excluding hydrogens is 675 g/mol. The highest BCUT2D eigenvalue weighted by Crippen LogP contribution is 2.63. The summed E-state index contributed by atoms with van der Waals surface area (Å²) in [5, 5.41) is 6.30. The third kappa shape index (κ3) is 4.55. The Balaban J connectivity index is 1.29. The van der Waals surface area contributed by atoms with Crippen molar-refractivity contribution in [2.24, 2.45) is 0 Å². The molecule has 0 bridgehead atoms. The van der Waals surface area contributed by atoms with Gasteiger partial charge in [-0.05, 0) is 121 Å². The van der Waals surface area contributed by atoms with Gasteiger partial charge in [0.1, 0.15) is 0 Å². The van der Waals surface area contributed by atoms with Crippen LogP contribution in [0.15, 0.2) is 212 Å². The molecular formula is C55H39N. The SMILES string of the molecule is Cc1ccc(Nc2ccc3c(c2)C(c2ccccc2)(c2ccccc2)c2cc4c(cc2-3)C(c2ccccc2)(c2ccccc2)c2ccc3ccccc3c2-4)cc1. The Morgan fingerprint density at radius 3 is 1.39 bits per heavy atom. The van der Waals surface area contributed by atoms with E-state index in [0.29, 0.717) is 0 Å². The zero-order valence-corrected chi connectivity index (χ0v) is 31.2. The van der Waals surface area contributed by atoms with Gasteiger partial charge in [0.2, 0.25) is 0 Å². The minimum Gasteiger partial charge on any atom is -0.356 e. The summed E-state index contributed by atoms with van der Waals surface area (Å²) in [4.78, 5) is 0. The van der Waals surface area contributed by atoms with E-state index in [4.69, 9.17) is 0 Å². The Bertz CT molecular complexity index is 2830. The maximum absolute atomic E-state index is 3.76. The van der Waals surface area contributed by atoms with Crippen LogP contribution in [0.25, 0.3) is 33.0 Å². The predicted molar refractivity (Wildman–Crippen MR) is 233 cm³/mol. The van der Waals surface area contributed by atoms with Gasteiger partial charge < -0.3 is 5.32 Å². The second-order valence-electron chi connectivity index (χ2n) is 15.4. The normalized spacial score (nSPS) is 14.1. The van der Waals surface area contributed by atoms with Crippen molar-refractivity contribution in [2.45, 2.75) is 17.8 Å². The van der Waals surface area contributed by atoms with E-state index in [0.717, 1.165) is 11.4 Å². The minimum absolute atomic E-state index is 0.524. The van der Waals surface area contributed by atoms with E-state index in [1.165, 1.54) is 83.1 Å². The first-order chi connectivity index (χ1) is 27.7. The number of aryl methyl sites for hydroxylation is 1. The van der Waals surface area contributed by atoms with Gasteiger partial charge in [0.15, 0.2) is 0 Å². The van der Waals surface area contributed by atoms with Crippen LogP contribution in [-0.4, -0.2) is 0 Å². The molecule has 0 heterocycles. The van der Waals surface area contributed by atoms with Crippen LogP contribution in [0.1, 0.15) is 50.1 Å². The largest absolute Gasteiger partial charge is 0.356 e. The fourth-order valence-electron chi connectivity index (χ4n) is 10.1. The molecule has 9 aromatic carbocycles. The van der Waals surface area contributed by atoms with Crippen molar-refractivity contribution in [1.29, 1.82) is 0 Å². The van der Waals surface area contributed by atoms with Crippen molar-refractivity contribution >= 4 is 22.1 Å². The van der Waals surface area contributed by atoms with Gasteiger partial charge in [0.25, 0.3) is 0 Å². The lowest BCUT2D eigenvalue weighted by Crippen LogP contribution is -2.30. The molecule has 0 aliphatic heterocycles. The van der Waals surface area contributed by atoms with Crippen LogP contribution in [0.4, 0.5) is 11.4 Å². The van der Waals surface area contributed by atoms with Crippen molar-refractivity contribution in [2.75, 3.05) is 5.32 Å². The highest BCUT2D eigenvalue weighted by Gasteiger charge is 2.51. The summed E-state index contributed by atoms with van der Waals surface area (Å²) in [6, 6.07) is 79.1. The number of hydrogen-bond acceptors (Lipinski definition) is 1. The molecule has 0 amide bonds. The Morgan fingerprint density at radius 2 is 0.804 bits per heavy atom. The summed E-state index contributed by atoms with van der Waals surface area (Å²) in [7, 11) is 0. The van der Waals surface area contributed by atoms with E-state index >= 15 is 0 Å². The van der Waals surface area contributed by atoms with E-state index < -0.39 is 10.8 Å². The molecule has 56 heavy (non-hydrogen) atoms. The third-order valence-electron chi connectivity index (χ3n) is 12.4. The van der Waals surface area contributed by atoms with Gasteiger partial charge in [0.05, 0.1) is 10.8 Å². The second-order valence-corrected chi connectivity index (χ2v) is 15.4. The van der Waals surface area contributed by atoms with Gasteiger partial charge in [-0.3, -0.25) is 0 Å². The highest BCUT2D eigenvalue weighted by molar-refractivity contribution is 6.05. The smallest absolute Gasteiger partial charge is 0.0714 e. The molecule has 0 radical (unpaired) electrons. The number of anilines is 2. The summed E-state index contributed by atoms with van der Waals surface area (Å²) in [5.74, 6) is 0. The molecule has 0 fully saturated rings. The highest BCUT2D eigenvalue weighted by atomic mass is 14.9. The van der Waals surface area contributed by atoms with Gasteiger partial charge in [0, 0.05) is 11.4 Å². The first kappa shape index (κ1) is 32.5. The lowest BCUT2D eigenvalue weighted by Gasteiger charge is -2.35. The second kappa shape index (κ2) is 12.5. The minimum atomic E-state index is -0.567. The summed E-state index contributed by atoms with van der Waals surface area (Å²) in [6.07, 6.45) is 0. The average molecular weight is 714 g/mol. The van der Waals surface area contributed by atoms with E-state index in [1.807, 2.05) is 0 Å². The lowest BCUT2D eigenvalue weighted by molar-refractivity contribution is 0.759. The number of benzene rings is 9. The molecule has 264 valence electrons. The van der Waals surface area contributed by atoms with Gasteiger partial charge in [-0.25, -0.2) is 0 Å². The quantitative estimate of drug-likeness (QED) is 0.181. The molecule has 1 nitrogen and oxygen atoms in total.